The summed E-state index contributed by atoms with van der Waals surface area (Å²) in [5, 5.41) is 17.1. The zero-order valence-electron chi connectivity index (χ0n) is 13.1. The van der Waals surface area contributed by atoms with Crippen molar-refractivity contribution in [1.82, 2.24) is 14.6 Å². The van der Waals surface area contributed by atoms with Gasteiger partial charge >= 0.3 is 0 Å². The van der Waals surface area contributed by atoms with Crippen LogP contribution in [-0.4, -0.2) is 32.4 Å². The number of fused-ring (bicyclic) bond motifs is 1. The summed E-state index contributed by atoms with van der Waals surface area (Å²) in [7, 11) is 0. The molecule has 0 radical (unpaired) electrons. The summed E-state index contributed by atoms with van der Waals surface area (Å²) in [5.74, 6) is 0.660. The fourth-order valence-corrected chi connectivity index (χ4v) is 2.48. The quantitative estimate of drug-likeness (QED) is 0.760. The zero-order chi connectivity index (χ0) is 16.4. The Labute approximate surface area is 133 Å². The third-order valence-corrected chi connectivity index (χ3v) is 3.90. The smallest absolute Gasteiger partial charge is 0.165 e. The molecule has 5 nitrogen and oxygen atoms in total. The van der Waals surface area contributed by atoms with Gasteiger partial charge in [-0.2, -0.15) is 9.61 Å². The predicted molar refractivity (Wildman–Crippen MR) is 87.7 cm³/mol. The average Bonchev–Trinajstić information content (AvgIpc) is 2.97. The number of halogens is 1. The predicted octanol–water partition coefficient (Wildman–Crippen LogP) is 2.96. The maximum Gasteiger partial charge on any atom is 0.165 e. The first kappa shape index (κ1) is 15.4. The number of nitrogens with zero attached hydrogens (tertiary/aromatic N) is 3. The van der Waals surface area contributed by atoms with Crippen LogP contribution < -0.4 is 5.32 Å². The van der Waals surface area contributed by atoms with E-state index in [1.807, 2.05) is 13.8 Å². The van der Waals surface area contributed by atoms with Gasteiger partial charge in [-0.3, -0.25) is 0 Å². The van der Waals surface area contributed by atoms with Crippen LogP contribution in [0.1, 0.15) is 13.8 Å². The van der Waals surface area contributed by atoms with Gasteiger partial charge in [0.1, 0.15) is 11.6 Å². The Morgan fingerprint density at radius 2 is 2.00 bits per heavy atom. The van der Waals surface area contributed by atoms with E-state index in [0.717, 1.165) is 0 Å². The molecule has 6 heteroatoms. The second-order valence-electron chi connectivity index (χ2n) is 5.78. The second-order valence-corrected chi connectivity index (χ2v) is 5.78. The molecular weight excluding hydrogens is 295 g/mol. The summed E-state index contributed by atoms with van der Waals surface area (Å²) < 4.78 is 15.7. The Morgan fingerprint density at radius 1 is 1.22 bits per heavy atom. The van der Waals surface area contributed by atoms with Crippen molar-refractivity contribution in [3.63, 3.8) is 0 Å². The monoisotopic (exact) mass is 314 g/mol. The van der Waals surface area contributed by atoms with E-state index in [2.05, 4.69) is 15.4 Å². The van der Waals surface area contributed by atoms with E-state index in [-0.39, 0.29) is 24.4 Å². The summed E-state index contributed by atoms with van der Waals surface area (Å²) in [6.07, 6.45) is 3.26. The van der Waals surface area contributed by atoms with Gasteiger partial charge < -0.3 is 10.4 Å². The van der Waals surface area contributed by atoms with Crippen LogP contribution in [0, 0.1) is 11.7 Å². The Balaban J connectivity index is 2.06. The van der Waals surface area contributed by atoms with Crippen molar-refractivity contribution in [2.45, 2.75) is 19.9 Å². The Bertz CT molecular complexity index is 815. The maximum absolute atomic E-state index is 14.0. The third-order valence-electron chi connectivity index (χ3n) is 3.90. The highest BCUT2D eigenvalue weighted by Gasteiger charge is 2.16. The lowest BCUT2D eigenvalue weighted by Gasteiger charge is -2.21. The summed E-state index contributed by atoms with van der Waals surface area (Å²) in [6.45, 7) is 4.07. The zero-order valence-corrected chi connectivity index (χ0v) is 13.1. The molecule has 0 aliphatic carbocycles. The molecule has 0 fully saturated rings. The minimum atomic E-state index is -0.307. The van der Waals surface area contributed by atoms with Crippen molar-refractivity contribution in [2.75, 3.05) is 11.9 Å². The van der Waals surface area contributed by atoms with Crippen LogP contribution >= 0.6 is 0 Å². The highest BCUT2D eigenvalue weighted by Crippen LogP contribution is 2.27. The van der Waals surface area contributed by atoms with Gasteiger partial charge in [-0.15, -0.1) is 0 Å². The van der Waals surface area contributed by atoms with E-state index in [1.165, 1.54) is 6.07 Å². The van der Waals surface area contributed by atoms with E-state index in [1.54, 1.807) is 41.2 Å². The lowest BCUT2D eigenvalue weighted by atomic mass is 10.1. The normalized spacial score (nSPS) is 12.7. The van der Waals surface area contributed by atoms with Gasteiger partial charge in [-0.05, 0) is 18.1 Å². The number of anilines is 1. The minimum Gasteiger partial charge on any atom is -0.394 e. The molecule has 0 amide bonds. The average molecular weight is 314 g/mol. The van der Waals surface area contributed by atoms with Crippen LogP contribution in [0.15, 0.2) is 42.7 Å². The summed E-state index contributed by atoms with van der Waals surface area (Å²) >= 11 is 0. The molecule has 120 valence electrons. The van der Waals surface area contributed by atoms with Crippen LogP contribution in [0.3, 0.4) is 0 Å². The first-order valence-corrected chi connectivity index (χ1v) is 7.57. The Hall–Kier alpha value is -2.47. The first-order chi connectivity index (χ1) is 11.1. The van der Waals surface area contributed by atoms with Crippen molar-refractivity contribution in [1.29, 1.82) is 0 Å². The molecule has 0 spiro atoms. The molecule has 1 atom stereocenters. The molecule has 0 aliphatic heterocycles. The molecule has 2 aromatic heterocycles. The van der Waals surface area contributed by atoms with E-state index in [0.29, 0.717) is 22.6 Å². The lowest BCUT2D eigenvalue weighted by Crippen LogP contribution is -2.30. The van der Waals surface area contributed by atoms with Crippen molar-refractivity contribution in [3.8, 4) is 11.1 Å². The molecule has 0 saturated heterocycles. The van der Waals surface area contributed by atoms with E-state index >= 15 is 0 Å². The van der Waals surface area contributed by atoms with E-state index in [4.69, 9.17) is 0 Å². The van der Waals surface area contributed by atoms with Crippen molar-refractivity contribution in [3.05, 3.63) is 48.5 Å². The highest BCUT2D eigenvalue weighted by atomic mass is 19.1. The largest absolute Gasteiger partial charge is 0.394 e. The van der Waals surface area contributed by atoms with E-state index < -0.39 is 0 Å². The first-order valence-electron chi connectivity index (χ1n) is 7.57. The van der Waals surface area contributed by atoms with Crippen LogP contribution in [0.2, 0.25) is 0 Å². The topological polar surface area (TPSA) is 62.5 Å². The molecule has 1 aromatic carbocycles. The van der Waals surface area contributed by atoms with Gasteiger partial charge in [0, 0.05) is 17.3 Å². The maximum atomic E-state index is 14.0. The van der Waals surface area contributed by atoms with Crippen LogP contribution in [0.25, 0.3) is 16.8 Å². The highest BCUT2D eigenvalue weighted by molar-refractivity contribution is 5.78. The molecule has 3 rings (SSSR count). The van der Waals surface area contributed by atoms with Crippen LogP contribution in [0.5, 0.6) is 0 Å². The molecule has 2 heterocycles. The standard InChI is InChI=1S/C17H19FN4O/c1-11(2)15(10-23)21-16-7-8-19-17-13(9-20-22(16)17)12-5-3-4-6-14(12)18/h3-9,11,15,21,23H,10H2,1-2H3/t15-/m1/s1. The fraction of sp³-hybridized carbons (Fsp3) is 0.294. The number of aliphatic hydroxyl groups excluding tert-OH is 1. The molecule has 3 aromatic rings. The molecular formula is C17H19FN4O. The summed E-state index contributed by atoms with van der Waals surface area (Å²) in [6, 6.07) is 8.25. The van der Waals surface area contributed by atoms with Gasteiger partial charge in [0.2, 0.25) is 0 Å². The van der Waals surface area contributed by atoms with Crippen molar-refractivity contribution < 1.29 is 9.50 Å². The SMILES string of the molecule is CC(C)[C@@H](CO)Nc1ccnc2c(-c3ccccc3F)cnn12. The molecule has 0 saturated carbocycles. The molecule has 0 unspecified atom stereocenters. The number of benzene rings is 1. The van der Waals surface area contributed by atoms with E-state index in [9.17, 15) is 9.50 Å². The van der Waals surface area contributed by atoms with Crippen LogP contribution in [-0.2, 0) is 0 Å². The van der Waals surface area contributed by atoms with Gasteiger partial charge in [-0.25, -0.2) is 9.37 Å². The van der Waals surface area contributed by atoms with Gasteiger partial charge in [0.05, 0.1) is 18.8 Å². The Kier molecular flexibility index (Phi) is 4.25. The number of aromatic nitrogens is 3. The third kappa shape index (κ3) is 2.90. The Morgan fingerprint density at radius 3 is 2.70 bits per heavy atom. The number of rotatable bonds is 5. The van der Waals surface area contributed by atoms with Crippen molar-refractivity contribution in [2.24, 2.45) is 5.92 Å². The number of hydrogen-bond donors (Lipinski definition) is 2. The molecule has 0 aliphatic rings. The summed E-state index contributed by atoms with van der Waals surface area (Å²) in [4.78, 5) is 4.33. The number of nitrogens with one attached hydrogen (secondary N) is 1. The molecule has 2 N–H and O–H groups in total. The minimum absolute atomic E-state index is 0.0168. The number of hydrogen-bond acceptors (Lipinski definition) is 4. The van der Waals surface area contributed by atoms with Gasteiger partial charge in [0.15, 0.2) is 5.65 Å². The van der Waals surface area contributed by atoms with Gasteiger partial charge in [0.25, 0.3) is 0 Å². The molecule has 23 heavy (non-hydrogen) atoms. The lowest BCUT2D eigenvalue weighted by molar-refractivity contribution is 0.249. The molecule has 0 bridgehead atoms. The van der Waals surface area contributed by atoms with Crippen LogP contribution in [0.4, 0.5) is 10.2 Å². The second kappa shape index (κ2) is 6.34. The fourth-order valence-electron chi connectivity index (χ4n) is 2.48. The van der Waals surface area contributed by atoms with Gasteiger partial charge in [-0.1, -0.05) is 32.0 Å². The number of aliphatic hydroxyl groups is 1. The van der Waals surface area contributed by atoms with Crippen molar-refractivity contribution >= 4 is 11.5 Å². The summed E-state index contributed by atoms with van der Waals surface area (Å²) in [5.41, 5.74) is 1.67.